The number of hydrogen-bond acceptors (Lipinski definition) is 5. The number of rotatable bonds is 7. The normalized spacial score (nSPS) is 14.0. The minimum atomic E-state index is -0.179. The molecule has 0 atom stereocenters. The highest BCUT2D eigenvalue weighted by Crippen LogP contribution is 2.30. The highest BCUT2D eigenvalue weighted by molar-refractivity contribution is 7.17. The van der Waals surface area contributed by atoms with Crippen LogP contribution in [-0.2, 0) is 13.1 Å². The van der Waals surface area contributed by atoms with E-state index in [2.05, 4.69) is 51.8 Å². The number of thiophene rings is 1. The number of nitrogens with one attached hydrogen (secondary N) is 1. The highest BCUT2D eigenvalue weighted by atomic mass is 35.5. The van der Waals surface area contributed by atoms with E-state index in [0.717, 1.165) is 23.4 Å². The van der Waals surface area contributed by atoms with Crippen LogP contribution in [0.2, 0.25) is 4.34 Å². The summed E-state index contributed by atoms with van der Waals surface area (Å²) in [5.41, 5.74) is 5.48. The molecule has 1 N–H and O–H groups in total. The van der Waals surface area contributed by atoms with Gasteiger partial charge in [0.2, 0.25) is 0 Å². The molecule has 0 unspecified atom stereocenters. The summed E-state index contributed by atoms with van der Waals surface area (Å²) in [4.78, 5) is 15.3. The fraction of sp³-hybridized carbons (Fsp3) is 0.231. The topological polar surface area (TPSA) is 58.4 Å². The second-order valence-corrected chi connectivity index (χ2v) is 9.90. The molecule has 1 amide bonds. The standard InChI is InChI=1S/C26H24ClN3O2S/c27-25-11-10-24(33-25)26(31)28-16-21-15-23(29-32-21)19-8-5-7-18(14-19)22-9-2-1-6-20(22)17-30-12-3-4-13-30/h1-2,5-11,14-15H,3-4,12-13,16-17H2,(H,28,31). The first-order chi connectivity index (χ1) is 16.2. The molecular formula is C26H24ClN3O2S. The molecule has 5 nitrogen and oxygen atoms in total. The molecule has 0 aliphatic carbocycles. The van der Waals surface area contributed by atoms with Crippen LogP contribution in [0, 0.1) is 0 Å². The Bertz CT molecular complexity index is 1260. The number of aromatic nitrogens is 1. The van der Waals surface area contributed by atoms with E-state index >= 15 is 0 Å². The Balaban J connectivity index is 1.31. The van der Waals surface area contributed by atoms with E-state index in [1.54, 1.807) is 12.1 Å². The van der Waals surface area contributed by atoms with E-state index in [-0.39, 0.29) is 12.5 Å². The van der Waals surface area contributed by atoms with Crippen molar-refractivity contribution in [1.29, 1.82) is 0 Å². The van der Waals surface area contributed by atoms with Crippen molar-refractivity contribution in [3.8, 4) is 22.4 Å². The number of likely N-dealkylation sites (tertiary alicyclic amines) is 1. The maximum atomic E-state index is 12.2. The zero-order valence-corrected chi connectivity index (χ0v) is 19.7. The molecule has 2 aromatic carbocycles. The molecule has 0 saturated carbocycles. The van der Waals surface area contributed by atoms with Crippen LogP contribution in [0.4, 0.5) is 0 Å². The summed E-state index contributed by atoms with van der Waals surface area (Å²) in [6.07, 6.45) is 2.57. The molecule has 5 rings (SSSR count). The highest BCUT2D eigenvalue weighted by Gasteiger charge is 2.15. The van der Waals surface area contributed by atoms with E-state index in [4.69, 9.17) is 16.1 Å². The van der Waals surface area contributed by atoms with Crippen molar-refractivity contribution < 1.29 is 9.32 Å². The largest absolute Gasteiger partial charge is 0.359 e. The van der Waals surface area contributed by atoms with Gasteiger partial charge in [-0.05, 0) is 60.8 Å². The van der Waals surface area contributed by atoms with Gasteiger partial charge in [-0.1, -0.05) is 59.2 Å². The lowest BCUT2D eigenvalue weighted by Crippen LogP contribution is -2.21. The maximum absolute atomic E-state index is 12.2. The van der Waals surface area contributed by atoms with Gasteiger partial charge in [0.25, 0.3) is 5.91 Å². The summed E-state index contributed by atoms with van der Waals surface area (Å²) in [7, 11) is 0. The predicted octanol–water partition coefficient (Wildman–Crippen LogP) is 6.25. The lowest BCUT2D eigenvalue weighted by molar-refractivity contribution is 0.0951. The molecule has 1 saturated heterocycles. The number of carbonyl (C=O) groups excluding carboxylic acids is 1. The average molecular weight is 478 g/mol. The van der Waals surface area contributed by atoms with Crippen molar-refractivity contribution in [2.75, 3.05) is 13.1 Å². The molecule has 2 aromatic heterocycles. The molecule has 33 heavy (non-hydrogen) atoms. The van der Waals surface area contributed by atoms with Gasteiger partial charge in [-0.15, -0.1) is 11.3 Å². The average Bonchev–Trinajstić information content (AvgIpc) is 3.61. The maximum Gasteiger partial charge on any atom is 0.261 e. The molecular weight excluding hydrogens is 454 g/mol. The number of nitrogens with zero attached hydrogens (tertiary/aromatic N) is 2. The van der Waals surface area contributed by atoms with Crippen molar-refractivity contribution >= 4 is 28.8 Å². The molecule has 4 aromatic rings. The Kier molecular flexibility index (Phi) is 6.58. The van der Waals surface area contributed by atoms with Crippen LogP contribution in [0.1, 0.15) is 33.8 Å². The third-order valence-corrected chi connectivity index (χ3v) is 7.09. The van der Waals surface area contributed by atoms with E-state index < -0.39 is 0 Å². The van der Waals surface area contributed by atoms with Crippen LogP contribution in [0.25, 0.3) is 22.4 Å². The smallest absolute Gasteiger partial charge is 0.261 e. The van der Waals surface area contributed by atoms with E-state index in [0.29, 0.717) is 15.0 Å². The third-order valence-electron chi connectivity index (χ3n) is 5.86. The molecule has 3 heterocycles. The van der Waals surface area contributed by atoms with Crippen molar-refractivity contribution in [3.05, 3.63) is 87.3 Å². The van der Waals surface area contributed by atoms with Crippen LogP contribution in [0.15, 0.2) is 71.3 Å². The summed E-state index contributed by atoms with van der Waals surface area (Å²) < 4.78 is 6.06. The van der Waals surface area contributed by atoms with Crippen molar-refractivity contribution in [2.45, 2.75) is 25.9 Å². The molecule has 7 heteroatoms. The van der Waals surface area contributed by atoms with Crippen molar-refractivity contribution in [1.82, 2.24) is 15.4 Å². The SMILES string of the molecule is O=C(NCc1cc(-c2cccc(-c3ccccc3CN3CCCC3)c2)no1)c1ccc(Cl)s1. The van der Waals surface area contributed by atoms with E-state index in [1.807, 2.05) is 18.2 Å². The van der Waals surface area contributed by atoms with Gasteiger partial charge < -0.3 is 9.84 Å². The second kappa shape index (κ2) is 9.91. The zero-order chi connectivity index (χ0) is 22.6. The molecule has 1 fully saturated rings. The first kappa shape index (κ1) is 21.9. The molecule has 0 spiro atoms. The van der Waals surface area contributed by atoms with Gasteiger partial charge in [0.05, 0.1) is 15.8 Å². The summed E-state index contributed by atoms with van der Waals surface area (Å²) in [6, 6.07) is 22.3. The summed E-state index contributed by atoms with van der Waals surface area (Å²) in [6.45, 7) is 3.58. The Morgan fingerprint density at radius 3 is 2.67 bits per heavy atom. The van der Waals surface area contributed by atoms with Crippen molar-refractivity contribution in [2.24, 2.45) is 0 Å². The van der Waals surface area contributed by atoms with Gasteiger partial charge in [0.15, 0.2) is 5.76 Å². The fourth-order valence-electron chi connectivity index (χ4n) is 4.19. The third kappa shape index (κ3) is 5.19. The lowest BCUT2D eigenvalue weighted by Gasteiger charge is -2.17. The summed E-state index contributed by atoms with van der Waals surface area (Å²) >= 11 is 7.16. The molecule has 0 bridgehead atoms. The second-order valence-electron chi connectivity index (χ2n) is 8.19. The lowest BCUT2D eigenvalue weighted by atomic mass is 9.97. The Labute approximate surface area is 202 Å². The van der Waals surface area contributed by atoms with Crippen LogP contribution in [0.3, 0.4) is 0 Å². The number of carbonyl (C=O) groups is 1. The van der Waals surface area contributed by atoms with Crippen LogP contribution in [0.5, 0.6) is 0 Å². The van der Waals surface area contributed by atoms with Crippen LogP contribution in [-0.4, -0.2) is 29.1 Å². The molecule has 1 aliphatic heterocycles. The van der Waals surface area contributed by atoms with Gasteiger partial charge in [-0.25, -0.2) is 0 Å². The Hall–Kier alpha value is -2.93. The first-order valence-electron chi connectivity index (χ1n) is 11.1. The molecule has 1 aliphatic rings. The number of benzene rings is 2. The van der Waals surface area contributed by atoms with E-state index in [9.17, 15) is 4.79 Å². The van der Waals surface area contributed by atoms with Gasteiger partial charge in [-0.3, -0.25) is 9.69 Å². The minimum absolute atomic E-state index is 0.179. The van der Waals surface area contributed by atoms with Gasteiger partial charge in [-0.2, -0.15) is 0 Å². The van der Waals surface area contributed by atoms with Crippen LogP contribution >= 0.6 is 22.9 Å². The van der Waals surface area contributed by atoms with Crippen molar-refractivity contribution in [3.63, 3.8) is 0 Å². The zero-order valence-electron chi connectivity index (χ0n) is 18.1. The summed E-state index contributed by atoms with van der Waals surface area (Å²) in [5.74, 6) is 0.419. The predicted molar refractivity (Wildman–Crippen MR) is 132 cm³/mol. The Morgan fingerprint density at radius 1 is 1.03 bits per heavy atom. The quantitative estimate of drug-likeness (QED) is 0.342. The molecule has 0 radical (unpaired) electrons. The monoisotopic (exact) mass is 477 g/mol. The Morgan fingerprint density at radius 2 is 1.85 bits per heavy atom. The van der Waals surface area contributed by atoms with E-state index in [1.165, 1.54) is 48.4 Å². The fourth-order valence-corrected chi connectivity index (χ4v) is 5.15. The number of amides is 1. The first-order valence-corrected chi connectivity index (χ1v) is 12.3. The summed E-state index contributed by atoms with van der Waals surface area (Å²) in [5, 5.41) is 7.08. The number of hydrogen-bond donors (Lipinski definition) is 1. The van der Waals surface area contributed by atoms with Crippen LogP contribution < -0.4 is 5.32 Å². The van der Waals surface area contributed by atoms with Gasteiger partial charge >= 0.3 is 0 Å². The van der Waals surface area contributed by atoms with Gasteiger partial charge in [0.1, 0.15) is 5.69 Å². The van der Waals surface area contributed by atoms with Gasteiger partial charge in [0, 0.05) is 18.2 Å². The number of halogens is 1. The molecule has 168 valence electrons. The minimum Gasteiger partial charge on any atom is -0.359 e.